The monoisotopic (exact) mass is 212 g/mol. The number of para-hydroxylation sites is 1. The SMILES string of the molecule is Cc1cccc2cc(-c3[nH]ncc3N)[nH]c12. The summed E-state index contributed by atoms with van der Waals surface area (Å²) in [5.41, 5.74) is 10.7. The van der Waals surface area contributed by atoms with Crippen LogP contribution < -0.4 is 5.73 Å². The van der Waals surface area contributed by atoms with Crippen LogP contribution in [0.5, 0.6) is 0 Å². The molecule has 16 heavy (non-hydrogen) atoms. The van der Waals surface area contributed by atoms with Gasteiger partial charge < -0.3 is 10.7 Å². The maximum Gasteiger partial charge on any atom is 0.104 e. The van der Waals surface area contributed by atoms with Gasteiger partial charge in [0.05, 0.1) is 17.6 Å². The lowest BCUT2D eigenvalue weighted by Gasteiger charge is -1.95. The van der Waals surface area contributed by atoms with Gasteiger partial charge in [0, 0.05) is 10.9 Å². The summed E-state index contributed by atoms with van der Waals surface area (Å²) >= 11 is 0. The second-order valence-corrected chi connectivity index (χ2v) is 3.92. The van der Waals surface area contributed by atoms with E-state index in [2.05, 4.69) is 40.3 Å². The molecule has 4 heteroatoms. The molecular formula is C12H12N4. The Hall–Kier alpha value is -2.23. The summed E-state index contributed by atoms with van der Waals surface area (Å²) in [7, 11) is 0. The van der Waals surface area contributed by atoms with E-state index in [1.54, 1.807) is 6.20 Å². The Balaban J connectivity index is 2.27. The van der Waals surface area contributed by atoms with Crippen molar-refractivity contribution in [3.8, 4) is 11.4 Å². The predicted molar refractivity (Wildman–Crippen MR) is 65.0 cm³/mol. The molecule has 4 nitrogen and oxygen atoms in total. The first-order valence-electron chi connectivity index (χ1n) is 5.13. The molecule has 3 rings (SSSR count). The minimum Gasteiger partial charge on any atom is -0.396 e. The quantitative estimate of drug-likeness (QED) is 0.579. The highest BCUT2D eigenvalue weighted by Crippen LogP contribution is 2.27. The van der Waals surface area contributed by atoms with E-state index in [-0.39, 0.29) is 0 Å². The third-order valence-electron chi connectivity index (χ3n) is 2.80. The smallest absolute Gasteiger partial charge is 0.104 e. The molecule has 0 bridgehead atoms. The van der Waals surface area contributed by atoms with Crippen molar-refractivity contribution >= 4 is 16.6 Å². The van der Waals surface area contributed by atoms with Crippen LogP contribution in [0.15, 0.2) is 30.5 Å². The van der Waals surface area contributed by atoms with E-state index in [0.717, 1.165) is 16.9 Å². The molecular weight excluding hydrogens is 200 g/mol. The molecule has 0 saturated carbocycles. The molecule has 0 atom stereocenters. The summed E-state index contributed by atoms with van der Waals surface area (Å²) in [5.74, 6) is 0. The van der Waals surface area contributed by atoms with Gasteiger partial charge in [-0.15, -0.1) is 0 Å². The first kappa shape index (κ1) is 9.03. The highest BCUT2D eigenvalue weighted by molar-refractivity contribution is 5.89. The average molecular weight is 212 g/mol. The zero-order valence-electron chi connectivity index (χ0n) is 8.91. The number of aromatic amines is 2. The van der Waals surface area contributed by atoms with Gasteiger partial charge in [0.25, 0.3) is 0 Å². The third kappa shape index (κ3) is 1.20. The third-order valence-corrected chi connectivity index (χ3v) is 2.80. The predicted octanol–water partition coefficient (Wildman–Crippen LogP) is 2.45. The van der Waals surface area contributed by atoms with Crippen LogP contribution >= 0.6 is 0 Å². The fourth-order valence-corrected chi connectivity index (χ4v) is 1.95. The average Bonchev–Trinajstić information content (AvgIpc) is 2.84. The molecule has 80 valence electrons. The lowest BCUT2D eigenvalue weighted by molar-refractivity contribution is 1.09. The maximum atomic E-state index is 5.82. The number of hydrogen-bond donors (Lipinski definition) is 3. The molecule has 4 N–H and O–H groups in total. The topological polar surface area (TPSA) is 70.5 Å². The number of rotatable bonds is 1. The van der Waals surface area contributed by atoms with Gasteiger partial charge in [0.1, 0.15) is 5.69 Å². The van der Waals surface area contributed by atoms with E-state index in [0.29, 0.717) is 5.69 Å². The molecule has 0 aliphatic heterocycles. The molecule has 0 aliphatic rings. The molecule has 0 spiro atoms. The van der Waals surface area contributed by atoms with E-state index >= 15 is 0 Å². The van der Waals surface area contributed by atoms with E-state index in [9.17, 15) is 0 Å². The number of nitrogen functional groups attached to an aromatic ring is 1. The van der Waals surface area contributed by atoms with E-state index in [1.807, 2.05) is 6.07 Å². The van der Waals surface area contributed by atoms with Crippen molar-refractivity contribution in [2.24, 2.45) is 0 Å². The van der Waals surface area contributed by atoms with Gasteiger partial charge in [-0.1, -0.05) is 18.2 Å². The molecule has 0 unspecified atom stereocenters. The minimum absolute atomic E-state index is 0.657. The Morgan fingerprint density at radius 3 is 2.88 bits per heavy atom. The normalized spacial score (nSPS) is 11.1. The zero-order chi connectivity index (χ0) is 11.1. The van der Waals surface area contributed by atoms with Crippen LogP contribution in [0.25, 0.3) is 22.3 Å². The van der Waals surface area contributed by atoms with Crippen LogP contribution in [0.3, 0.4) is 0 Å². The molecule has 0 saturated heterocycles. The van der Waals surface area contributed by atoms with Gasteiger partial charge in [0.15, 0.2) is 0 Å². The van der Waals surface area contributed by atoms with Crippen LogP contribution in [-0.2, 0) is 0 Å². The van der Waals surface area contributed by atoms with Crippen LogP contribution in [0.1, 0.15) is 5.56 Å². The van der Waals surface area contributed by atoms with Crippen molar-refractivity contribution in [1.82, 2.24) is 15.2 Å². The first-order valence-corrected chi connectivity index (χ1v) is 5.13. The fourth-order valence-electron chi connectivity index (χ4n) is 1.95. The van der Waals surface area contributed by atoms with Crippen LogP contribution in [0.4, 0.5) is 5.69 Å². The van der Waals surface area contributed by atoms with Crippen LogP contribution in [0.2, 0.25) is 0 Å². The van der Waals surface area contributed by atoms with Crippen molar-refractivity contribution in [2.75, 3.05) is 5.73 Å². The minimum atomic E-state index is 0.657. The summed E-state index contributed by atoms with van der Waals surface area (Å²) in [4.78, 5) is 3.36. The van der Waals surface area contributed by atoms with Crippen molar-refractivity contribution in [3.05, 3.63) is 36.0 Å². The van der Waals surface area contributed by atoms with E-state index in [4.69, 9.17) is 5.73 Å². The number of nitrogens with two attached hydrogens (primary N) is 1. The largest absolute Gasteiger partial charge is 0.396 e. The molecule has 0 aliphatic carbocycles. The number of hydrogen-bond acceptors (Lipinski definition) is 2. The van der Waals surface area contributed by atoms with Gasteiger partial charge in [-0.2, -0.15) is 5.10 Å². The lowest BCUT2D eigenvalue weighted by Crippen LogP contribution is -1.86. The number of nitrogens with zero attached hydrogens (tertiary/aromatic N) is 1. The first-order chi connectivity index (χ1) is 7.75. The Bertz CT molecular complexity index is 648. The van der Waals surface area contributed by atoms with E-state index in [1.165, 1.54) is 10.9 Å². The second kappa shape index (κ2) is 3.13. The Labute approximate surface area is 92.5 Å². The maximum absolute atomic E-state index is 5.82. The van der Waals surface area contributed by atoms with E-state index < -0.39 is 0 Å². The molecule has 0 amide bonds. The van der Waals surface area contributed by atoms with Gasteiger partial charge in [-0.05, 0) is 18.6 Å². The molecule has 0 radical (unpaired) electrons. The van der Waals surface area contributed by atoms with Crippen LogP contribution in [0, 0.1) is 6.92 Å². The Kier molecular flexibility index (Phi) is 1.77. The molecule has 1 aromatic carbocycles. The number of anilines is 1. The highest BCUT2D eigenvalue weighted by atomic mass is 15.1. The number of aromatic nitrogens is 3. The number of nitrogens with one attached hydrogen (secondary N) is 2. The summed E-state index contributed by atoms with van der Waals surface area (Å²) in [6, 6.07) is 8.28. The Morgan fingerprint density at radius 2 is 2.19 bits per heavy atom. The van der Waals surface area contributed by atoms with Gasteiger partial charge in [-0.25, -0.2) is 0 Å². The standard InChI is InChI=1S/C12H12N4/c1-7-3-2-4-8-5-10(15-11(7)8)12-9(13)6-14-16-12/h2-6,15H,13H2,1H3,(H,14,16). The Morgan fingerprint density at radius 1 is 1.31 bits per heavy atom. The fraction of sp³-hybridized carbons (Fsp3) is 0.0833. The summed E-state index contributed by atoms with van der Waals surface area (Å²) in [6.07, 6.45) is 1.62. The van der Waals surface area contributed by atoms with Crippen molar-refractivity contribution < 1.29 is 0 Å². The van der Waals surface area contributed by atoms with Crippen LogP contribution in [-0.4, -0.2) is 15.2 Å². The van der Waals surface area contributed by atoms with Gasteiger partial charge in [0.2, 0.25) is 0 Å². The summed E-state index contributed by atoms with van der Waals surface area (Å²) in [6.45, 7) is 2.08. The second-order valence-electron chi connectivity index (χ2n) is 3.92. The molecule has 2 heterocycles. The lowest BCUT2D eigenvalue weighted by atomic mass is 10.2. The summed E-state index contributed by atoms with van der Waals surface area (Å²) in [5, 5.41) is 8.00. The van der Waals surface area contributed by atoms with Crippen molar-refractivity contribution in [3.63, 3.8) is 0 Å². The summed E-state index contributed by atoms with van der Waals surface area (Å²) < 4.78 is 0. The van der Waals surface area contributed by atoms with Gasteiger partial charge >= 0.3 is 0 Å². The number of aryl methyl sites for hydroxylation is 1. The number of H-pyrrole nitrogens is 2. The molecule has 0 fully saturated rings. The molecule has 2 aromatic heterocycles. The van der Waals surface area contributed by atoms with Gasteiger partial charge in [-0.3, -0.25) is 5.10 Å². The zero-order valence-corrected chi connectivity index (χ0v) is 8.91. The van der Waals surface area contributed by atoms with Crippen molar-refractivity contribution in [2.45, 2.75) is 6.92 Å². The number of fused-ring (bicyclic) bond motifs is 1. The highest BCUT2D eigenvalue weighted by Gasteiger charge is 2.08. The van der Waals surface area contributed by atoms with Crippen molar-refractivity contribution in [1.29, 1.82) is 0 Å². The number of benzene rings is 1. The molecule has 3 aromatic rings.